The summed E-state index contributed by atoms with van der Waals surface area (Å²) in [5.41, 5.74) is 2.72. The van der Waals surface area contributed by atoms with Crippen LogP contribution < -0.4 is 0 Å². The highest BCUT2D eigenvalue weighted by atomic mass is 16.5. The van der Waals surface area contributed by atoms with Gasteiger partial charge in [-0.25, -0.2) is 0 Å². The molecular weight excluding hydrogens is 274 g/mol. The molecule has 0 bridgehead atoms. The average Bonchev–Trinajstić information content (AvgIpc) is 3.03. The van der Waals surface area contributed by atoms with E-state index in [1.54, 1.807) is 11.8 Å². The van der Waals surface area contributed by atoms with Crippen LogP contribution in [0, 0.1) is 6.92 Å². The van der Waals surface area contributed by atoms with Crippen molar-refractivity contribution in [2.45, 2.75) is 19.9 Å². The molecule has 1 amide bonds. The van der Waals surface area contributed by atoms with E-state index < -0.39 is 0 Å². The predicted octanol–water partition coefficient (Wildman–Crippen LogP) is 0.310. The fourth-order valence-electron chi connectivity index (χ4n) is 2.59. The Hall–Kier alpha value is -2.22. The van der Waals surface area contributed by atoms with Gasteiger partial charge in [-0.05, 0) is 6.92 Å². The summed E-state index contributed by atoms with van der Waals surface area (Å²) in [7, 11) is 3.40. The van der Waals surface area contributed by atoms with Crippen LogP contribution in [0.15, 0.2) is 4.52 Å². The lowest BCUT2D eigenvalue weighted by molar-refractivity contribution is -0.136. The van der Waals surface area contributed by atoms with Crippen LogP contribution in [0.25, 0.3) is 11.6 Å². The number of carbonyl (C=O) groups excluding carboxylic acids is 1. The second-order valence-electron chi connectivity index (χ2n) is 5.04. The number of hydrogen-bond acceptors (Lipinski definition) is 6. The van der Waals surface area contributed by atoms with E-state index in [2.05, 4.69) is 15.2 Å². The highest BCUT2D eigenvalue weighted by Gasteiger charge is 2.29. The number of aryl methyl sites for hydroxylation is 2. The molecule has 0 aromatic carbocycles. The van der Waals surface area contributed by atoms with Crippen molar-refractivity contribution in [3.63, 3.8) is 0 Å². The minimum absolute atomic E-state index is 0.0281. The van der Waals surface area contributed by atoms with Crippen LogP contribution in [0.2, 0.25) is 0 Å². The monoisotopic (exact) mass is 291 g/mol. The lowest BCUT2D eigenvalue weighted by Gasteiger charge is -2.27. The Labute approximate surface area is 121 Å². The van der Waals surface area contributed by atoms with Crippen molar-refractivity contribution < 1.29 is 14.1 Å². The minimum atomic E-state index is -0.0281. The zero-order chi connectivity index (χ0) is 15.0. The molecule has 3 heterocycles. The van der Waals surface area contributed by atoms with Crippen LogP contribution in [0.1, 0.15) is 17.1 Å². The fraction of sp³-hybridized carbons (Fsp3) is 0.538. The van der Waals surface area contributed by atoms with Gasteiger partial charge in [0.15, 0.2) is 11.5 Å². The van der Waals surface area contributed by atoms with Gasteiger partial charge in [0.1, 0.15) is 6.61 Å². The molecule has 0 fully saturated rings. The summed E-state index contributed by atoms with van der Waals surface area (Å²) in [6, 6.07) is 0. The van der Waals surface area contributed by atoms with Crippen LogP contribution in [0.3, 0.4) is 0 Å². The summed E-state index contributed by atoms with van der Waals surface area (Å²) >= 11 is 0. The molecule has 0 saturated carbocycles. The maximum absolute atomic E-state index is 12.0. The van der Waals surface area contributed by atoms with Gasteiger partial charge in [0.25, 0.3) is 5.89 Å². The number of amides is 1. The van der Waals surface area contributed by atoms with E-state index in [1.807, 2.05) is 11.7 Å². The van der Waals surface area contributed by atoms with Gasteiger partial charge in [0, 0.05) is 44.9 Å². The van der Waals surface area contributed by atoms with E-state index in [4.69, 9.17) is 9.26 Å². The van der Waals surface area contributed by atoms with Crippen LogP contribution in [0.4, 0.5) is 0 Å². The van der Waals surface area contributed by atoms with Crippen molar-refractivity contribution in [2.75, 3.05) is 20.3 Å². The Morgan fingerprint density at radius 3 is 2.95 bits per heavy atom. The third-order valence-electron chi connectivity index (χ3n) is 3.59. The Kier molecular flexibility index (Phi) is 3.46. The molecule has 1 aliphatic rings. The molecule has 0 saturated heterocycles. The topological polar surface area (TPSA) is 86.3 Å². The van der Waals surface area contributed by atoms with Gasteiger partial charge in [0.05, 0.1) is 0 Å². The minimum Gasteiger partial charge on any atom is -0.375 e. The van der Waals surface area contributed by atoms with E-state index >= 15 is 0 Å². The van der Waals surface area contributed by atoms with Crippen LogP contribution in [0.5, 0.6) is 0 Å². The molecule has 3 rings (SSSR count). The Morgan fingerprint density at radius 1 is 1.48 bits per heavy atom. The van der Waals surface area contributed by atoms with Gasteiger partial charge in [-0.3, -0.25) is 9.48 Å². The molecule has 21 heavy (non-hydrogen) atoms. The smallest absolute Gasteiger partial charge is 0.278 e. The molecule has 0 radical (unpaired) electrons. The van der Waals surface area contributed by atoms with E-state index in [0.29, 0.717) is 30.5 Å². The maximum Gasteiger partial charge on any atom is 0.278 e. The fourth-order valence-corrected chi connectivity index (χ4v) is 2.59. The number of rotatable bonds is 3. The van der Waals surface area contributed by atoms with Crippen molar-refractivity contribution in [3.8, 4) is 11.6 Å². The normalized spacial score (nSPS) is 14.3. The molecule has 1 aliphatic heterocycles. The number of hydrogen-bond donors (Lipinski definition) is 0. The Morgan fingerprint density at radius 2 is 2.29 bits per heavy atom. The predicted molar refractivity (Wildman–Crippen MR) is 72.2 cm³/mol. The van der Waals surface area contributed by atoms with Crippen molar-refractivity contribution >= 4 is 5.91 Å². The quantitative estimate of drug-likeness (QED) is 0.809. The molecule has 0 atom stereocenters. The number of aromatic nitrogens is 4. The van der Waals surface area contributed by atoms with E-state index in [-0.39, 0.29) is 12.5 Å². The van der Waals surface area contributed by atoms with E-state index in [1.165, 1.54) is 7.11 Å². The highest BCUT2D eigenvalue weighted by Crippen LogP contribution is 2.28. The summed E-state index contributed by atoms with van der Waals surface area (Å²) < 4.78 is 11.9. The van der Waals surface area contributed by atoms with Gasteiger partial charge in [0.2, 0.25) is 5.91 Å². The van der Waals surface area contributed by atoms with Gasteiger partial charge in [-0.1, -0.05) is 5.16 Å². The Balaban J connectivity index is 1.94. The summed E-state index contributed by atoms with van der Waals surface area (Å²) in [6.07, 6.45) is 0.751. The van der Waals surface area contributed by atoms with Crippen molar-refractivity contribution in [3.05, 3.63) is 17.1 Å². The third-order valence-corrected chi connectivity index (χ3v) is 3.59. The number of ether oxygens (including phenoxy) is 1. The number of carbonyl (C=O) groups is 1. The molecule has 0 unspecified atom stereocenters. The largest absolute Gasteiger partial charge is 0.375 e. The standard InChI is InChI=1S/C13H17N5O3/c1-8-14-13(21-16-8)12-9-6-18(11(19)7-20-3)5-4-10(9)17(2)15-12/h4-7H2,1-3H3. The Bertz CT molecular complexity index is 675. The number of fused-ring (bicyclic) bond motifs is 1. The zero-order valence-corrected chi connectivity index (χ0v) is 12.3. The molecule has 8 nitrogen and oxygen atoms in total. The number of methoxy groups -OCH3 is 1. The first kappa shape index (κ1) is 13.7. The molecule has 2 aromatic heterocycles. The third kappa shape index (κ3) is 2.42. The van der Waals surface area contributed by atoms with Gasteiger partial charge in [-0.15, -0.1) is 0 Å². The molecule has 8 heteroatoms. The zero-order valence-electron chi connectivity index (χ0n) is 12.3. The molecule has 2 aromatic rings. The molecule has 0 N–H and O–H groups in total. The van der Waals surface area contributed by atoms with Gasteiger partial charge >= 0.3 is 0 Å². The van der Waals surface area contributed by atoms with E-state index in [0.717, 1.165) is 17.7 Å². The highest BCUT2D eigenvalue weighted by molar-refractivity contribution is 5.78. The molecule has 112 valence electrons. The van der Waals surface area contributed by atoms with Crippen molar-refractivity contribution in [2.24, 2.45) is 7.05 Å². The van der Waals surface area contributed by atoms with Crippen molar-refractivity contribution in [1.29, 1.82) is 0 Å². The van der Waals surface area contributed by atoms with Gasteiger partial charge < -0.3 is 14.2 Å². The van der Waals surface area contributed by atoms with Crippen molar-refractivity contribution in [1.82, 2.24) is 24.8 Å². The number of nitrogens with zero attached hydrogens (tertiary/aromatic N) is 5. The van der Waals surface area contributed by atoms with Crippen LogP contribution in [-0.4, -0.2) is 51.0 Å². The van der Waals surface area contributed by atoms with Gasteiger partial charge in [-0.2, -0.15) is 10.1 Å². The van der Waals surface area contributed by atoms with E-state index in [9.17, 15) is 4.79 Å². The maximum atomic E-state index is 12.0. The van der Waals surface area contributed by atoms with Crippen LogP contribution in [-0.2, 0) is 29.5 Å². The first-order valence-electron chi connectivity index (χ1n) is 6.72. The van der Waals surface area contributed by atoms with Crippen LogP contribution >= 0.6 is 0 Å². The second-order valence-corrected chi connectivity index (χ2v) is 5.04. The second kappa shape index (κ2) is 5.28. The summed E-state index contributed by atoms with van der Waals surface area (Å²) in [4.78, 5) is 18.0. The average molecular weight is 291 g/mol. The molecule has 0 spiro atoms. The summed E-state index contributed by atoms with van der Waals surface area (Å²) in [5, 5.41) is 8.27. The molecule has 0 aliphatic carbocycles. The first-order valence-corrected chi connectivity index (χ1v) is 6.72. The SMILES string of the molecule is COCC(=O)N1CCc2c(c(-c3nc(C)no3)nn2C)C1. The first-order chi connectivity index (χ1) is 10.1. The lowest BCUT2D eigenvalue weighted by atomic mass is 10.0. The summed E-state index contributed by atoms with van der Waals surface area (Å²) in [6.45, 7) is 3.00. The molecular formula is C13H17N5O3. The summed E-state index contributed by atoms with van der Waals surface area (Å²) in [5.74, 6) is 0.928. The lowest BCUT2D eigenvalue weighted by Crippen LogP contribution is -2.38.